The van der Waals surface area contributed by atoms with Gasteiger partial charge in [-0.3, -0.25) is 10.1 Å². The minimum atomic E-state index is -1.26. The number of aliphatic carboxylic acids is 1. The lowest BCUT2D eigenvalue weighted by atomic mass is 10.0. The fourth-order valence-electron chi connectivity index (χ4n) is 2.07. The van der Waals surface area contributed by atoms with Crippen molar-refractivity contribution in [3.8, 4) is 11.5 Å². The number of aromatic hydroxyl groups is 1. The fourth-order valence-corrected chi connectivity index (χ4v) is 2.07. The van der Waals surface area contributed by atoms with E-state index in [-0.39, 0.29) is 22.6 Å². The van der Waals surface area contributed by atoms with Gasteiger partial charge in [0.2, 0.25) is 0 Å². The van der Waals surface area contributed by atoms with E-state index >= 15 is 0 Å². The number of hydrogen-bond acceptors (Lipinski definition) is 6. The molecule has 2 aromatic carbocycles. The molecule has 8 nitrogen and oxygen atoms in total. The van der Waals surface area contributed by atoms with Gasteiger partial charge in [-0.25, -0.2) is 4.79 Å². The zero-order valence-electron chi connectivity index (χ0n) is 12.6. The van der Waals surface area contributed by atoms with Crippen molar-refractivity contribution in [3.05, 3.63) is 57.6 Å². The zero-order chi connectivity index (χ0) is 17.9. The molecular formula is C16H14N2O6. The average molecular weight is 330 g/mol. The van der Waals surface area contributed by atoms with Crippen molar-refractivity contribution in [1.29, 1.82) is 0 Å². The molecule has 8 heteroatoms. The van der Waals surface area contributed by atoms with Gasteiger partial charge in [0.05, 0.1) is 23.7 Å². The van der Waals surface area contributed by atoms with E-state index in [0.29, 0.717) is 11.3 Å². The Morgan fingerprint density at radius 3 is 2.42 bits per heavy atom. The summed E-state index contributed by atoms with van der Waals surface area (Å²) in [6, 6.07) is 8.18. The Morgan fingerprint density at radius 2 is 1.92 bits per heavy atom. The minimum absolute atomic E-state index is 0.0460. The number of phenols is 1. The van der Waals surface area contributed by atoms with Crippen LogP contribution in [0.5, 0.6) is 11.5 Å². The van der Waals surface area contributed by atoms with Gasteiger partial charge in [0.1, 0.15) is 0 Å². The monoisotopic (exact) mass is 330 g/mol. The van der Waals surface area contributed by atoms with Crippen LogP contribution in [0, 0.1) is 10.1 Å². The fraction of sp³-hybridized carbons (Fsp3) is 0.0625. The molecule has 0 aliphatic rings. The molecule has 0 unspecified atom stereocenters. The lowest BCUT2D eigenvalue weighted by molar-refractivity contribution is -0.385. The Bertz CT molecular complexity index is 827. The average Bonchev–Trinajstić information content (AvgIpc) is 2.54. The van der Waals surface area contributed by atoms with E-state index in [0.717, 1.165) is 18.2 Å². The Hall–Kier alpha value is -3.55. The summed E-state index contributed by atoms with van der Waals surface area (Å²) < 4.78 is 4.89. The lowest BCUT2D eigenvalue weighted by Crippen LogP contribution is -2.00. The van der Waals surface area contributed by atoms with E-state index in [9.17, 15) is 25.1 Å². The summed E-state index contributed by atoms with van der Waals surface area (Å²) in [7, 11) is 1.24. The SMILES string of the molecule is COc1cc([N+](=O)[O-])cc(/C=C(\C(=O)O)c2ccc(N)cc2)c1O. The number of anilines is 1. The Labute approximate surface area is 136 Å². The number of rotatable bonds is 5. The summed E-state index contributed by atoms with van der Waals surface area (Å²) in [5, 5.41) is 30.5. The number of nitrogen functional groups attached to an aromatic ring is 1. The van der Waals surface area contributed by atoms with Gasteiger partial charge in [0.15, 0.2) is 11.5 Å². The number of methoxy groups -OCH3 is 1. The van der Waals surface area contributed by atoms with E-state index < -0.39 is 16.6 Å². The molecule has 0 amide bonds. The first-order chi connectivity index (χ1) is 11.3. The Balaban J connectivity index is 2.65. The van der Waals surface area contributed by atoms with Crippen molar-refractivity contribution in [1.82, 2.24) is 0 Å². The molecule has 0 aliphatic carbocycles. The number of ether oxygens (including phenoxy) is 1. The molecule has 2 rings (SSSR count). The summed E-state index contributed by atoms with van der Waals surface area (Å²) >= 11 is 0. The highest BCUT2D eigenvalue weighted by molar-refractivity contribution is 6.21. The van der Waals surface area contributed by atoms with Crippen LogP contribution in [-0.2, 0) is 4.79 Å². The van der Waals surface area contributed by atoms with Crippen molar-refractivity contribution in [3.63, 3.8) is 0 Å². The molecule has 0 fully saturated rings. The number of nitro groups is 1. The van der Waals surface area contributed by atoms with Gasteiger partial charge >= 0.3 is 5.97 Å². The molecule has 0 atom stereocenters. The molecule has 24 heavy (non-hydrogen) atoms. The number of carbonyl (C=O) groups is 1. The van der Waals surface area contributed by atoms with Gasteiger partial charge < -0.3 is 20.7 Å². The highest BCUT2D eigenvalue weighted by Crippen LogP contribution is 2.36. The maximum atomic E-state index is 11.5. The second kappa shape index (κ2) is 6.69. The highest BCUT2D eigenvalue weighted by Gasteiger charge is 2.18. The van der Waals surface area contributed by atoms with E-state index in [4.69, 9.17) is 10.5 Å². The summed E-state index contributed by atoms with van der Waals surface area (Å²) in [5.74, 6) is -1.78. The summed E-state index contributed by atoms with van der Waals surface area (Å²) in [6.45, 7) is 0. The number of non-ortho nitro benzene ring substituents is 1. The zero-order valence-corrected chi connectivity index (χ0v) is 12.6. The molecule has 0 spiro atoms. The number of benzene rings is 2. The predicted molar refractivity (Wildman–Crippen MR) is 87.7 cm³/mol. The first-order valence-corrected chi connectivity index (χ1v) is 6.69. The van der Waals surface area contributed by atoms with Crippen LogP contribution < -0.4 is 10.5 Å². The summed E-state index contributed by atoms with van der Waals surface area (Å²) in [6.07, 6.45) is 1.14. The first-order valence-electron chi connectivity index (χ1n) is 6.69. The third-order valence-corrected chi connectivity index (χ3v) is 3.27. The molecule has 2 aromatic rings. The minimum Gasteiger partial charge on any atom is -0.504 e. The van der Waals surface area contributed by atoms with Crippen LogP contribution in [0.2, 0.25) is 0 Å². The number of phenolic OH excluding ortho intramolecular Hbond substituents is 1. The molecule has 0 bridgehead atoms. The molecule has 124 valence electrons. The second-order valence-electron chi connectivity index (χ2n) is 4.83. The molecule has 0 saturated heterocycles. The highest BCUT2D eigenvalue weighted by atomic mass is 16.6. The Kier molecular flexibility index (Phi) is 4.69. The number of hydrogen-bond donors (Lipinski definition) is 3. The molecule has 4 N–H and O–H groups in total. The van der Waals surface area contributed by atoms with E-state index in [1.165, 1.54) is 31.4 Å². The molecule has 0 saturated carbocycles. The first kappa shape index (κ1) is 16.8. The third kappa shape index (κ3) is 3.43. The van der Waals surface area contributed by atoms with Crippen molar-refractivity contribution in [2.45, 2.75) is 0 Å². The van der Waals surface area contributed by atoms with Gasteiger partial charge in [-0.05, 0) is 23.8 Å². The van der Waals surface area contributed by atoms with Crippen LogP contribution in [-0.4, -0.2) is 28.2 Å². The van der Waals surface area contributed by atoms with Crippen LogP contribution >= 0.6 is 0 Å². The van der Waals surface area contributed by atoms with Crippen LogP contribution in [0.4, 0.5) is 11.4 Å². The predicted octanol–water partition coefficient (Wildman–Crippen LogP) is 2.52. The maximum Gasteiger partial charge on any atom is 0.336 e. The number of nitro benzene ring substituents is 1. The lowest BCUT2D eigenvalue weighted by Gasteiger charge is -2.08. The van der Waals surface area contributed by atoms with Crippen molar-refractivity contribution >= 4 is 29.0 Å². The van der Waals surface area contributed by atoms with E-state index in [1.807, 2.05) is 0 Å². The van der Waals surface area contributed by atoms with Crippen LogP contribution in [0.3, 0.4) is 0 Å². The molecule has 0 radical (unpaired) electrons. The van der Waals surface area contributed by atoms with Gasteiger partial charge in [0.25, 0.3) is 5.69 Å². The molecule has 0 aliphatic heterocycles. The number of nitrogens with two attached hydrogens (primary N) is 1. The van der Waals surface area contributed by atoms with Crippen LogP contribution in [0.15, 0.2) is 36.4 Å². The van der Waals surface area contributed by atoms with Crippen molar-refractivity contribution in [2.75, 3.05) is 12.8 Å². The quantitative estimate of drug-likeness (QED) is 0.252. The van der Waals surface area contributed by atoms with Crippen LogP contribution in [0.25, 0.3) is 11.6 Å². The third-order valence-electron chi connectivity index (χ3n) is 3.27. The van der Waals surface area contributed by atoms with Crippen molar-refractivity contribution < 1.29 is 24.7 Å². The van der Waals surface area contributed by atoms with Gasteiger partial charge in [0, 0.05) is 17.3 Å². The molecular weight excluding hydrogens is 316 g/mol. The topological polar surface area (TPSA) is 136 Å². The summed E-state index contributed by atoms with van der Waals surface area (Å²) in [4.78, 5) is 21.8. The van der Waals surface area contributed by atoms with Crippen molar-refractivity contribution in [2.24, 2.45) is 0 Å². The Morgan fingerprint density at radius 1 is 1.29 bits per heavy atom. The second-order valence-corrected chi connectivity index (χ2v) is 4.83. The summed E-state index contributed by atoms with van der Waals surface area (Å²) in [5.41, 5.74) is 5.83. The number of carboxylic acids is 1. The number of nitrogens with zero attached hydrogens (tertiary/aromatic N) is 1. The molecule has 0 heterocycles. The smallest absolute Gasteiger partial charge is 0.336 e. The van der Waals surface area contributed by atoms with E-state index in [1.54, 1.807) is 0 Å². The largest absolute Gasteiger partial charge is 0.504 e. The standard InChI is InChI=1S/C16H14N2O6/c1-24-14-8-12(18(22)23)6-10(15(14)19)7-13(16(20)21)9-2-4-11(17)5-3-9/h2-8,19H,17H2,1H3,(H,20,21)/b13-7-. The van der Waals surface area contributed by atoms with Crippen LogP contribution in [0.1, 0.15) is 11.1 Å². The normalized spacial score (nSPS) is 11.1. The molecule has 0 aromatic heterocycles. The van der Waals surface area contributed by atoms with Gasteiger partial charge in [-0.15, -0.1) is 0 Å². The van der Waals surface area contributed by atoms with E-state index in [2.05, 4.69) is 0 Å². The van der Waals surface area contributed by atoms with Gasteiger partial charge in [-0.1, -0.05) is 12.1 Å². The van der Waals surface area contributed by atoms with Gasteiger partial charge in [-0.2, -0.15) is 0 Å². The maximum absolute atomic E-state index is 11.5. The number of carboxylic acid groups (broad SMARTS) is 1.